The molecule has 3 nitrogen and oxygen atoms in total. The number of alkyl halides is 3. The van der Waals surface area contributed by atoms with Gasteiger partial charge in [0.15, 0.2) is 0 Å². The van der Waals surface area contributed by atoms with Crippen LogP contribution >= 0.6 is 0 Å². The lowest BCUT2D eigenvalue weighted by Crippen LogP contribution is -2.31. The van der Waals surface area contributed by atoms with Crippen LogP contribution in [-0.4, -0.2) is 36.9 Å². The molecule has 70 valence electrons. The van der Waals surface area contributed by atoms with Crippen LogP contribution in [0.15, 0.2) is 0 Å². The summed E-state index contributed by atoms with van der Waals surface area (Å²) in [6.45, 7) is 0. The van der Waals surface area contributed by atoms with Crippen molar-refractivity contribution in [3.63, 3.8) is 0 Å². The SMILES string of the molecule is CN(C)C(=O)CC(=O)C(F)(F)F. The molecule has 0 rings (SSSR count). The standard InChI is InChI=1S/C6H8F3NO2/c1-10(2)5(12)3-4(11)6(7,8)9/h3H2,1-2H3. The highest BCUT2D eigenvalue weighted by Crippen LogP contribution is 2.17. The van der Waals surface area contributed by atoms with Gasteiger partial charge in [0.2, 0.25) is 11.7 Å². The highest BCUT2D eigenvalue weighted by atomic mass is 19.4. The fourth-order valence-electron chi connectivity index (χ4n) is 0.396. The molecule has 1 amide bonds. The van der Waals surface area contributed by atoms with Gasteiger partial charge in [-0.2, -0.15) is 13.2 Å². The van der Waals surface area contributed by atoms with E-state index in [2.05, 4.69) is 0 Å². The van der Waals surface area contributed by atoms with E-state index in [0.717, 1.165) is 4.90 Å². The summed E-state index contributed by atoms with van der Waals surface area (Å²) in [5.74, 6) is -2.86. The quantitative estimate of drug-likeness (QED) is 0.588. The highest BCUT2D eigenvalue weighted by Gasteiger charge is 2.39. The molecule has 0 bridgehead atoms. The Labute approximate surface area is 67.1 Å². The number of amides is 1. The number of hydrogen-bond acceptors (Lipinski definition) is 2. The molecule has 0 aromatic rings. The van der Waals surface area contributed by atoms with Crippen molar-refractivity contribution in [2.45, 2.75) is 12.6 Å². The molecule has 0 aliphatic rings. The fourth-order valence-corrected chi connectivity index (χ4v) is 0.396. The van der Waals surface area contributed by atoms with Gasteiger partial charge in [-0.25, -0.2) is 0 Å². The van der Waals surface area contributed by atoms with E-state index in [-0.39, 0.29) is 0 Å². The number of Topliss-reactive ketones (excluding diaryl/α,β-unsaturated/α-hetero) is 1. The Hall–Kier alpha value is -1.07. The monoisotopic (exact) mass is 183 g/mol. The smallest absolute Gasteiger partial charge is 0.348 e. The normalized spacial score (nSPS) is 11.1. The van der Waals surface area contributed by atoms with Gasteiger partial charge >= 0.3 is 6.18 Å². The summed E-state index contributed by atoms with van der Waals surface area (Å²) in [6.07, 6.45) is -6.03. The number of hydrogen-bond donors (Lipinski definition) is 0. The van der Waals surface area contributed by atoms with Crippen molar-refractivity contribution in [3.05, 3.63) is 0 Å². The Morgan fingerprint density at radius 1 is 1.25 bits per heavy atom. The van der Waals surface area contributed by atoms with Crippen LogP contribution < -0.4 is 0 Å². The van der Waals surface area contributed by atoms with E-state index in [9.17, 15) is 22.8 Å². The molecule has 0 saturated carbocycles. The summed E-state index contributed by atoms with van der Waals surface area (Å²) >= 11 is 0. The molecule has 6 heteroatoms. The molecule has 0 aliphatic carbocycles. The topological polar surface area (TPSA) is 37.4 Å². The summed E-state index contributed by atoms with van der Waals surface area (Å²) < 4.78 is 34.7. The summed E-state index contributed by atoms with van der Waals surface area (Å²) in [5.41, 5.74) is 0. The van der Waals surface area contributed by atoms with Gasteiger partial charge in [0.25, 0.3) is 0 Å². The van der Waals surface area contributed by atoms with Crippen LogP contribution in [0.1, 0.15) is 6.42 Å². The molecule has 0 radical (unpaired) electrons. The van der Waals surface area contributed by atoms with Gasteiger partial charge in [-0.05, 0) is 0 Å². The van der Waals surface area contributed by atoms with Gasteiger partial charge in [0, 0.05) is 14.1 Å². The Balaban J connectivity index is 4.12. The van der Waals surface area contributed by atoms with Gasteiger partial charge in [-0.1, -0.05) is 0 Å². The summed E-state index contributed by atoms with van der Waals surface area (Å²) in [7, 11) is 2.57. The van der Waals surface area contributed by atoms with Crippen LogP contribution in [0.3, 0.4) is 0 Å². The minimum atomic E-state index is -4.91. The van der Waals surface area contributed by atoms with Gasteiger partial charge < -0.3 is 4.90 Å². The average molecular weight is 183 g/mol. The van der Waals surface area contributed by atoms with Crippen LogP contribution in [0.2, 0.25) is 0 Å². The molecule has 0 heterocycles. The number of nitrogens with zero attached hydrogens (tertiary/aromatic N) is 1. The Morgan fingerprint density at radius 3 is 1.92 bits per heavy atom. The Kier molecular flexibility index (Phi) is 3.24. The van der Waals surface area contributed by atoms with Crippen molar-refractivity contribution in [1.82, 2.24) is 4.90 Å². The largest absolute Gasteiger partial charge is 0.450 e. The summed E-state index contributed by atoms with van der Waals surface area (Å²) in [5, 5.41) is 0. The molecule has 12 heavy (non-hydrogen) atoms. The molecule has 0 fully saturated rings. The van der Waals surface area contributed by atoms with Gasteiger partial charge in [0.05, 0.1) is 6.42 Å². The maximum Gasteiger partial charge on any atom is 0.450 e. The minimum absolute atomic E-state index is 0.850. The van der Waals surface area contributed by atoms with Crippen molar-refractivity contribution in [3.8, 4) is 0 Å². The van der Waals surface area contributed by atoms with Crippen LogP contribution in [-0.2, 0) is 9.59 Å². The van der Waals surface area contributed by atoms with Crippen molar-refractivity contribution in [2.24, 2.45) is 0 Å². The summed E-state index contributed by atoms with van der Waals surface area (Å²) in [6, 6.07) is 0. The number of carbonyl (C=O) groups excluding carboxylic acids is 2. The first-order valence-corrected chi connectivity index (χ1v) is 3.05. The zero-order chi connectivity index (χ0) is 9.94. The zero-order valence-electron chi connectivity index (χ0n) is 6.60. The second kappa shape index (κ2) is 3.55. The molecule has 0 saturated heterocycles. The predicted molar refractivity (Wildman–Crippen MR) is 34.4 cm³/mol. The average Bonchev–Trinajstić information content (AvgIpc) is 1.85. The van der Waals surface area contributed by atoms with E-state index < -0.39 is 24.3 Å². The molecule has 0 spiro atoms. The molecule has 0 aliphatic heterocycles. The van der Waals surface area contributed by atoms with Gasteiger partial charge in [-0.15, -0.1) is 0 Å². The molecule has 0 atom stereocenters. The lowest BCUT2D eigenvalue weighted by Gasteiger charge is -2.10. The van der Waals surface area contributed by atoms with E-state index in [1.165, 1.54) is 14.1 Å². The third-order valence-corrected chi connectivity index (χ3v) is 1.13. The number of halogens is 3. The van der Waals surface area contributed by atoms with Crippen molar-refractivity contribution in [1.29, 1.82) is 0 Å². The van der Waals surface area contributed by atoms with Crippen molar-refractivity contribution >= 4 is 11.7 Å². The maximum atomic E-state index is 11.6. The first-order valence-electron chi connectivity index (χ1n) is 3.05. The third-order valence-electron chi connectivity index (χ3n) is 1.13. The number of rotatable bonds is 2. The minimum Gasteiger partial charge on any atom is -0.348 e. The molecule has 0 aromatic heterocycles. The van der Waals surface area contributed by atoms with E-state index in [1.807, 2.05) is 0 Å². The zero-order valence-corrected chi connectivity index (χ0v) is 6.60. The van der Waals surface area contributed by atoms with Crippen LogP contribution in [0.25, 0.3) is 0 Å². The maximum absolute atomic E-state index is 11.6. The molecule has 0 N–H and O–H groups in total. The lowest BCUT2D eigenvalue weighted by molar-refractivity contribution is -0.172. The molecule has 0 aromatic carbocycles. The first kappa shape index (κ1) is 10.9. The Bertz CT molecular complexity index is 197. The first-order chi connectivity index (χ1) is 5.25. The van der Waals surface area contributed by atoms with Crippen LogP contribution in [0, 0.1) is 0 Å². The van der Waals surface area contributed by atoms with Gasteiger partial charge in [0.1, 0.15) is 0 Å². The van der Waals surface area contributed by atoms with Crippen LogP contribution in [0.5, 0.6) is 0 Å². The molecular formula is C6H8F3NO2. The van der Waals surface area contributed by atoms with E-state index in [4.69, 9.17) is 0 Å². The highest BCUT2D eigenvalue weighted by molar-refractivity contribution is 6.00. The predicted octanol–water partition coefficient (Wildman–Crippen LogP) is 0.596. The lowest BCUT2D eigenvalue weighted by atomic mass is 10.2. The fraction of sp³-hybridized carbons (Fsp3) is 0.667. The Morgan fingerprint density at radius 2 is 1.67 bits per heavy atom. The van der Waals surface area contributed by atoms with E-state index in [1.54, 1.807) is 0 Å². The van der Waals surface area contributed by atoms with Gasteiger partial charge in [-0.3, -0.25) is 9.59 Å². The second-order valence-electron chi connectivity index (χ2n) is 2.39. The van der Waals surface area contributed by atoms with Crippen molar-refractivity contribution < 1.29 is 22.8 Å². The second-order valence-corrected chi connectivity index (χ2v) is 2.39. The molecular weight excluding hydrogens is 175 g/mol. The summed E-state index contributed by atoms with van der Waals surface area (Å²) in [4.78, 5) is 21.7. The van der Waals surface area contributed by atoms with E-state index in [0.29, 0.717) is 0 Å². The number of carbonyl (C=O) groups is 2. The molecule has 0 unspecified atom stereocenters. The van der Waals surface area contributed by atoms with E-state index >= 15 is 0 Å². The van der Waals surface area contributed by atoms with Crippen LogP contribution in [0.4, 0.5) is 13.2 Å². The van der Waals surface area contributed by atoms with Crippen molar-refractivity contribution in [2.75, 3.05) is 14.1 Å². The number of ketones is 1. The third kappa shape index (κ3) is 3.36.